The molecule has 7 rings (SSSR count). The fraction of sp³-hybridized carbons (Fsp3) is 0.914. The monoisotopic (exact) mass is 597 g/mol. The first-order valence-electron chi connectivity index (χ1n) is 17.6. The minimum Gasteiger partial charge on any atom is -0.353 e. The Morgan fingerprint density at radius 1 is 0.977 bits per heavy atom. The zero-order valence-electron chi connectivity index (χ0n) is 27.2. The summed E-state index contributed by atoms with van der Waals surface area (Å²) < 4.78 is 13.3. The van der Waals surface area contributed by atoms with Gasteiger partial charge in [0.05, 0.1) is 12.7 Å². The third-order valence-corrected chi connectivity index (χ3v) is 14.3. The summed E-state index contributed by atoms with van der Waals surface area (Å²) in [6.45, 7) is 13.2. The average Bonchev–Trinajstić information content (AvgIpc) is 3.42. The Morgan fingerprint density at radius 3 is 2.47 bits per heavy atom. The lowest BCUT2D eigenvalue weighted by molar-refractivity contribution is -0.272. The van der Waals surface area contributed by atoms with E-state index in [-0.39, 0.29) is 53.0 Å². The Morgan fingerprint density at radius 2 is 1.74 bits per heavy atom. The number of Topliss-reactive ketones (excluding diaryl/α,β-unsaturated/α-hetero) is 1. The molecule has 4 aliphatic carbocycles. The molecule has 0 unspecified atom stereocenters. The molecule has 12 atom stereocenters. The molecule has 7 aliphatic rings. The van der Waals surface area contributed by atoms with Crippen LogP contribution in [0.3, 0.4) is 0 Å². The zero-order valence-corrected chi connectivity index (χ0v) is 27.2. The van der Waals surface area contributed by atoms with Crippen LogP contribution in [0.25, 0.3) is 0 Å². The van der Waals surface area contributed by atoms with Gasteiger partial charge in [-0.2, -0.15) is 0 Å². The maximum Gasteiger partial charge on any atom is 0.232 e. The van der Waals surface area contributed by atoms with Crippen molar-refractivity contribution in [1.29, 1.82) is 0 Å². The zero-order chi connectivity index (χ0) is 30.3. The van der Waals surface area contributed by atoms with Crippen molar-refractivity contribution in [3.63, 3.8) is 0 Å². The molecule has 4 saturated carbocycles. The number of rotatable bonds is 3. The number of ether oxygens (including phenoxy) is 2. The second-order valence-electron chi connectivity index (χ2n) is 16.4. The number of piperazine rings is 1. The molecule has 0 bridgehead atoms. The van der Waals surface area contributed by atoms with Crippen molar-refractivity contribution in [2.75, 3.05) is 39.8 Å². The number of ketones is 1. The fourth-order valence-corrected chi connectivity index (χ4v) is 11.7. The van der Waals surface area contributed by atoms with Gasteiger partial charge in [0.15, 0.2) is 5.79 Å². The van der Waals surface area contributed by atoms with Crippen molar-refractivity contribution in [2.45, 2.75) is 110 Å². The van der Waals surface area contributed by atoms with Gasteiger partial charge in [0.1, 0.15) is 12.2 Å². The van der Waals surface area contributed by atoms with Crippen molar-refractivity contribution in [3.8, 4) is 0 Å². The maximum atomic E-state index is 14.3. The molecule has 3 heterocycles. The molecule has 8 nitrogen and oxygen atoms in total. The van der Waals surface area contributed by atoms with Gasteiger partial charge in [0.25, 0.3) is 0 Å². The van der Waals surface area contributed by atoms with E-state index < -0.39 is 5.79 Å². The van der Waals surface area contributed by atoms with Crippen LogP contribution in [0.15, 0.2) is 0 Å². The highest BCUT2D eigenvalue weighted by Crippen LogP contribution is 2.70. The predicted octanol–water partition coefficient (Wildman–Crippen LogP) is 4.26. The molecular formula is C35H55N3O5. The minimum atomic E-state index is -0.492. The Balaban J connectivity index is 0.997. The number of fused-ring (bicyclic) bond motifs is 7. The third-order valence-electron chi connectivity index (χ3n) is 14.3. The molecule has 1 spiro atoms. The highest BCUT2D eigenvalue weighted by atomic mass is 16.7. The number of nitrogens with one attached hydrogen (secondary N) is 1. The van der Waals surface area contributed by atoms with Crippen LogP contribution in [0.4, 0.5) is 0 Å². The summed E-state index contributed by atoms with van der Waals surface area (Å²) in [6, 6.07) is 0.126. The summed E-state index contributed by atoms with van der Waals surface area (Å²) in [5.74, 6) is 2.77. The molecule has 43 heavy (non-hydrogen) atoms. The average molecular weight is 598 g/mol. The molecule has 0 radical (unpaired) electrons. The Hall–Kier alpha value is -1.51. The van der Waals surface area contributed by atoms with Crippen LogP contribution in [-0.2, 0) is 23.9 Å². The van der Waals surface area contributed by atoms with E-state index in [0.717, 1.165) is 58.2 Å². The highest BCUT2D eigenvalue weighted by Gasteiger charge is 2.71. The molecule has 3 saturated heterocycles. The molecule has 7 fully saturated rings. The Bertz CT molecular complexity index is 1130. The molecule has 8 heteroatoms. The van der Waals surface area contributed by atoms with Crippen molar-refractivity contribution < 1.29 is 23.9 Å². The Kier molecular flexibility index (Phi) is 7.57. The number of hydrogen-bond donors (Lipinski definition) is 1. The number of hydrogen-bond acceptors (Lipinski definition) is 6. The molecule has 0 aromatic carbocycles. The first kappa shape index (κ1) is 30.2. The number of nitrogens with zero attached hydrogens (tertiary/aromatic N) is 2. The van der Waals surface area contributed by atoms with Gasteiger partial charge in [-0.25, -0.2) is 0 Å². The number of carbonyl (C=O) groups is 3. The molecule has 3 aliphatic heterocycles. The van der Waals surface area contributed by atoms with E-state index in [4.69, 9.17) is 9.47 Å². The summed E-state index contributed by atoms with van der Waals surface area (Å²) in [7, 11) is 2.07. The molecular weight excluding hydrogens is 542 g/mol. The third kappa shape index (κ3) is 4.74. The van der Waals surface area contributed by atoms with Gasteiger partial charge < -0.3 is 24.6 Å². The van der Waals surface area contributed by atoms with E-state index in [1.807, 2.05) is 4.90 Å². The van der Waals surface area contributed by atoms with Gasteiger partial charge in [-0.3, -0.25) is 14.4 Å². The first-order valence-corrected chi connectivity index (χ1v) is 17.6. The largest absolute Gasteiger partial charge is 0.353 e. The molecule has 1 N–H and O–H groups in total. The lowest BCUT2D eigenvalue weighted by atomic mass is 9.44. The summed E-state index contributed by atoms with van der Waals surface area (Å²) in [5.41, 5.74) is -0.184. The van der Waals surface area contributed by atoms with Crippen LogP contribution < -0.4 is 5.32 Å². The van der Waals surface area contributed by atoms with Crippen molar-refractivity contribution in [1.82, 2.24) is 15.1 Å². The van der Waals surface area contributed by atoms with Crippen LogP contribution >= 0.6 is 0 Å². The fourth-order valence-electron chi connectivity index (χ4n) is 11.7. The number of amides is 2. The van der Waals surface area contributed by atoms with Crippen LogP contribution in [0.2, 0.25) is 0 Å². The van der Waals surface area contributed by atoms with Gasteiger partial charge in [0.2, 0.25) is 11.8 Å². The molecule has 0 aromatic heterocycles. The topological polar surface area (TPSA) is 88.2 Å². The summed E-state index contributed by atoms with van der Waals surface area (Å²) >= 11 is 0. The van der Waals surface area contributed by atoms with Crippen LogP contribution in [0.1, 0.15) is 91.9 Å². The van der Waals surface area contributed by atoms with Crippen LogP contribution in [0.5, 0.6) is 0 Å². The van der Waals surface area contributed by atoms with Crippen LogP contribution in [0, 0.1) is 52.3 Å². The van der Waals surface area contributed by atoms with Crippen molar-refractivity contribution >= 4 is 17.6 Å². The minimum absolute atomic E-state index is 0.0458. The summed E-state index contributed by atoms with van der Waals surface area (Å²) in [5, 5.41) is 3.24. The van der Waals surface area contributed by atoms with Gasteiger partial charge in [-0.1, -0.05) is 27.7 Å². The van der Waals surface area contributed by atoms with Crippen molar-refractivity contribution in [3.05, 3.63) is 0 Å². The van der Waals surface area contributed by atoms with E-state index >= 15 is 0 Å². The van der Waals surface area contributed by atoms with Gasteiger partial charge in [-0.05, 0) is 87.0 Å². The maximum absolute atomic E-state index is 14.3. The SMILES string of the molecule is C[C@@H]1CC[C@@]2(OC1)O[C@H]1C[C@H]3[C@@H]4CC[C@H]5C[C@@H](NC(=O)CC(=O)N6CCN(C)CC6)CC[C@]5(C)[C@H]4CC(=O)[C@]3(C)[C@H]1[C@@H]2C. The Labute approximate surface area is 258 Å². The highest BCUT2D eigenvalue weighted by molar-refractivity contribution is 5.97. The van der Waals surface area contributed by atoms with E-state index in [2.05, 4.69) is 45.0 Å². The van der Waals surface area contributed by atoms with Crippen molar-refractivity contribution in [2.24, 2.45) is 52.3 Å². The van der Waals surface area contributed by atoms with Gasteiger partial charge >= 0.3 is 0 Å². The first-order chi connectivity index (χ1) is 20.4. The van der Waals surface area contributed by atoms with E-state index in [1.165, 1.54) is 12.8 Å². The van der Waals surface area contributed by atoms with Gasteiger partial charge in [-0.15, -0.1) is 0 Å². The summed E-state index contributed by atoms with van der Waals surface area (Å²) in [6.07, 6.45) is 9.15. The second kappa shape index (κ2) is 10.8. The number of carbonyl (C=O) groups excluding carboxylic acids is 3. The molecule has 0 aromatic rings. The van der Waals surface area contributed by atoms with E-state index in [0.29, 0.717) is 54.9 Å². The summed E-state index contributed by atoms with van der Waals surface area (Å²) in [4.78, 5) is 44.0. The predicted molar refractivity (Wildman–Crippen MR) is 163 cm³/mol. The van der Waals surface area contributed by atoms with Crippen LogP contribution in [-0.4, -0.2) is 85.2 Å². The molecule has 240 valence electrons. The molecule has 2 amide bonds. The quantitative estimate of drug-likeness (QED) is 0.490. The van der Waals surface area contributed by atoms with Gasteiger partial charge in [0, 0.05) is 62.3 Å². The normalized spacial score (nSPS) is 49.7. The van der Waals surface area contributed by atoms with E-state index in [1.54, 1.807) is 0 Å². The number of likely N-dealkylation sites (N-methyl/N-ethyl adjacent to an activating group) is 1. The lowest BCUT2D eigenvalue weighted by Gasteiger charge is -2.60. The second-order valence-corrected chi connectivity index (χ2v) is 16.4. The lowest BCUT2D eigenvalue weighted by Crippen LogP contribution is -2.59. The smallest absolute Gasteiger partial charge is 0.232 e. The van der Waals surface area contributed by atoms with E-state index in [9.17, 15) is 14.4 Å². The standard InChI is InChI=1S/C35H55N3O5/c1-21-8-11-35(42-20-21)22(2)32-28(43-35)17-27-25-7-6-23-16-24(9-10-33(23,3)26(25)18-29(39)34(27,32)4)36-30(40)19-31(41)38-14-12-37(5)13-15-38/h21-28,32H,6-20H2,1-5H3,(H,36,40)/t21-,22+,23+,24+,25-,26+,27+,28+,32+,33+,34-,35-/m1/s1.